The number of benzene rings is 1. The molecule has 2 aromatic rings. The van der Waals surface area contributed by atoms with Crippen molar-refractivity contribution < 1.29 is 13.9 Å². The number of hydrogen-bond donors (Lipinski definition) is 1. The number of halogens is 1. The Morgan fingerprint density at radius 3 is 2.78 bits per heavy atom. The molecule has 1 heterocycles. The zero-order valence-corrected chi connectivity index (χ0v) is 11.3. The Morgan fingerprint density at radius 1 is 1.44 bits per heavy atom. The Labute approximate surface area is 109 Å². The highest BCUT2D eigenvalue weighted by molar-refractivity contribution is 7.71. The molecule has 0 saturated heterocycles. The Hall–Kier alpha value is -1.40. The zero-order valence-electron chi connectivity index (χ0n) is 10.5. The fraction of sp³-hybridized carbons (Fsp3) is 0.417. The number of nitrogens with zero attached hydrogens (tertiary/aromatic N) is 1. The smallest absolute Gasteiger partial charge is 0.178 e. The van der Waals surface area contributed by atoms with E-state index in [1.165, 1.54) is 13.2 Å². The summed E-state index contributed by atoms with van der Waals surface area (Å²) in [7, 11) is 3.08. The standard InChI is InChI=1S/C12H15FN2O2S/c1-7(16-2)6-15-10-5-11(17-3)8(13)4-9(10)14-12(15)18/h4-5,7H,6H2,1-3H3,(H,14,18). The molecule has 0 spiro atoms. The monoisotopic (exact) mass is 270 g/mol. The SMILES string of the molecule is COc1cc2c(cc1F)[nH]c(=S)n2CC(C)OC. The van der Waals surface area contributed by atoms with Crippen LogP contribution in [0, 0.1) is 10.6 Å². The minimum atomic E-state index is -0.409. The molecule has 1 N–H and O–H groups in total. The van der Waals surface area contributed by atoms with Crippen LogP contribution in [0.3, 0.4) is 0 Å². The van der Waals surface area contributed by atoms with E-state index < -0.39 is 5.82 Å². The van der Waals surface area contributed by atoms with Crippen LogP contribution in [0.5, 0.6) is 5.75 Å². The lowest BCUT2D eigenvalue weighted by molar-refractivity contribution is 0.104. The van der Waals surface area contributed by atoms with E-state index in [-0.39, 0.29) is 11.9 Å². The van der Waals surface area contributed by atoms with E-state index in [2.05, 4.69) is 4.98 Å². The second-order valence-corrected chi connectivity index (χ2v) is 4.48. The molecule has 6 heteroatoms. The first-order valence-corrected chi connectivity index (χ1v) is 5.96. The summed E-state index contributed by atoms with van der Waals surface area (Å²) in [6, 6.07) is 3.03. The predicted molar refractivity (Wildman–Crippen MR) is 70.1 cm³/mol. The summed E-state index contributed by atoms with van der Waals surface area (Å²) in [6.07, 6.45) is 0.0201. The normalized spacial score (nSPS) is 12.9. The summed E-state index contributed by atoms with van der Waals surface area (Å²) < 4.78 is 26.2. The van der Waals surface area contributed by atoms with Gasteiger partial charge in [-0.25, -0.2) is 4.39 Å². The first kappa shape index (κ1) is 13.0. The Bertz CT molecular complexity index is 620. The van der Waals surface area contributed by atoms with E-state index in [0.29, 0.717) is 16.8 Å². The van der Waals surface area contributed by atoms with Crippen molar-refractivity contribution in [3.63, 3.8) is 0 Å². The van der Waals surface area contributed by atoms with Crippen molar-refractivity contribution in [1.82, 2.24) is 9.55 Å². The highest BCUT2D eigenvalue weighted by Gasteiger charge is 2.12. The summed E-state index contributed by atoms with van der Waals surface area (Å²) >= 11 is 5.23. The molecule has 18 heavy (non-hydrogen) atoms. The predicted octanol–water partition coefficient (Wildman–Crippen LogP) is 2.88. The second kappa shape index (κ2) is 5.07. The zero-order chi connectivity index (χ0) is 13.3. The van der Waals surface area contributed by atoms with Gasteiger partial charge in [0.1, 0.15) is 0 Å². The second-order valence-electron chi connectivity index (χ2n) is 4.09. The molecule has 0 aliphatic carbocycles. The average molecular weight is 270 g/mol. The molecule has 0 saturated carbocycles. The summed E-state index contributed by atoms with van der Waals surface area (Å²) in [5, 5.41) is 0. The van der Waals surface area contributed by atoms with Gasteiger partial charge >= 0.3 is 0 Å². The molecule has 2 rings (SSSR count). The summed E-state index contributed by atoms with van der Waals surface area (Å²) in [5.74, 6) is -0.205. The molecule has 0 bridgehead atoms. The molecule has 1 unspecified atom stereocenters. The van der Waals surface area contributed by atoms with Crippen LogP contribution in [-0.4, -0.2) is 29.9 Å². The molecule has 0 amide bonds. The van der Waals surface area contributed by atoms with Crippen molar-refractivity contribution in [2.45, 2.75) is 19.6 Å². The number of imidazole rings is 1. The van der Waals surface area contributed by atoms with Crippen LogP contribution in [-0.2, 0) is 11.3 Å². The highest BCUT2D eigenvalue weighted by Crippen LogP contribution is 2.24. The molecular formula is C12H15FN2O2S. The molecular weight excluding hydrogens is 255 g/mol. The quantitative estimate of drug-likeness (QED) is 0.868. The van der Waals surface area contributed by atoms with Gasteiger partial charge in [0.15, 0.2) is 16.3 Å². The number of fused-ring (bicyclic) bond motifs is 1. The maximum absolute atomic E-state index is 13.6. The number of aromatic amines is 1. The van der Waals surface area contributed by atoms with E-state index >= 15 is 0 Å². The van der Waals surface area contributed by atoms with Gasteiger partial charge < -0.3 is 19.0 Å². The minimum absolute atomic E-state index is 0.0201. The first-order chi connectivity index (χ1) is 8.56. The van der Waals surface area contributed by atoms with Gasteiger partial charge in [0.25, 0.3) is 0 Å². The molecule has 0 aliphatic rings. The molecule has 1 aromatic carbocycles. The van der Waals surface area contributed by atoms with Crippen molar-refractivity contribution in [1.29, 1.82) is 0 Å². The highest BCUT2D eigenvalue weighted by atomic mass is 32.1. The Balaban J connectivity index is 2.58. The fourth-order valence-corrected chi connectivity index (χ4v) is 2.11. The Kier molecular flexibility index (Phi) is 3.68. The summed E-state index contributed by atoms with van der Waals surface area (Å²) in [5.41, 5.74) is 1.46. The molecule has 1 aromatic heterocycles. The number of ether oxygens (including phenoxy) is 2. The van der Waals surface area contributed by atoms with Gasteiger partial charge in [-0.2, -0.15) is 0 Å². The number of hydrogen-bond acceptors (Lipinski definition) is 3. The van der Waals surface area contributed by atoms with Gasteiger partial charge in [0.2, 0.25) is 0 Å². The molecule has 98 valence electrons. The number of H-pyrrole nitrogens is 1. The van der Waals surface area contributed by atoms with Crippen molar-refractivity contribution in [2.75, 3.05) is 14.2 Å². The van der Waals surface area contributed by atoms with Crippen LogP contribution in [0.1, 0.15) is 6.92 Å². The lowest BCUT2D eigenvalue weighted by Crippen LogP contribution is -2.14. The van der Waals surface area contributed by atoms with E-state index in [1.54, 1.807) is 13.2 Å². The number of methoxy groups -OCH3 is 2. The van der Waals surface area contributed by atoms with E-state index in [4.69, 9.17) is 21.7 Å². The van der Waals surface area contributed by atoms with E-state index in [1.807, 2.05) is 11.5 Å². The average Bonchev–Trinajstić information content (AvgIpc) is 2.64. The third-order valence-electron chi connectivity index (χ3n) is 2.89. The van der Waals surface area contributed by atoms with Crippen molar-refractivity contribution in [2.24, 2.45) is 0 Å². The summed E-state index contributed by atoms with van der Waals surface area (Å²) in [6.45, 7) is 2.55. The van der Waals surface area contributed by atoms with Crippen LogP contribution in [0.15, 0.2) is 12.1 Å². The van der Waals surface area contributed by atoms with Crippen LogP contribution >= 0.6 is 12.2 Å². The molecule has 0 aliphatic heterocycles. The Morgan fingerprint density at radius 2 is 2.17 bits per heavy atom. The van der Waals surface area contributed by atoms with Gasteiger partial charge in [-0.3, -0.25) is 0 Å². The summed E-state index contributed by atoms with van der Waals surface area (Å²) in [4.78, 5) is 2.98. The van der Waals surface area contributed by atoms with Crippen LogP contribution in [0.25, 0.3) is 11.0 Å². The van der Waals surface area contributed by atoms with E-state index in [0.717, 1.165) is 5.52 Å². The minimum Gasteiger partial charge on any atom is -0.494 e. The molecule has 0 radical (unpaired) electrons. The van der Waals surface area contributed by atoms with Gasteiger partial charge in [0.05, 0.1) is 30.8 Å². The van der Waals surface area contributed by atoms with Crippen molar-refractivity contribution >= 4 is 23.3 Å². The first-order valence-electron chi connectivity index (χ1n) is 5.55. The molecule has 4 nitrogen and oxygen atoms in total. The third kappa shape index (κ3) is 2.26. The van der Waals surface area contributed by atoms with E-state index in [9.17, 15) is 4.39 Å². The third-order valence-corrected chi connectivity index (χ3v) is 3.21. The largest absolute Gasteiger partial charge is 0.494 e. The molecule has 1 atom stereocenters. The van der Waals surface area contributed by atoms with Gasteiger partial charge in [0, 0.05) is 19.2 Å². The van der Waals surface area contributed by atoms with Gasteiger partial charge in [-0.1, -0.05) is 0 Å². The topological polar surface area (TPSA) is 39.2 Å². The van der Waals surface area contributed by atoms with Gasteiger partial charge in [-0.15, -0.1) is 0 Å². The van der Waals surface area contributed by atoms with Crippen molar-refractivity contribution in [3.8, 4) is 5.75 Å². The lowest BCUT2D eigenvalue weighted by Gasteiger charge is -2.11. The van der Waals surface area contributed by atoms with Crippen LogP contribution in [0.2, 0.25) is 0 Å². The number of rotatable bonds is 4. The number of nitrogens with one attached hydrogen (secondary N) is 1. The molecule has 0 fully saturated rings. The maximum atomic E-state index is 13.6. The van der Waals surface area contributed by atoms with Crippen LogP contribution < -0.4 is 4.74 Å². The maximum Gasteiger partial charge on any atom is 0.178 e. The lowest BCUT2D eigenvalue weighted by atomic mass is 10.2. The number of aromatic nitrogens is 2. The van der Waals surface area contributed by atoms with Crippen molar-refractivity contribution in [3.05, 3.63) is 22.7 Å². The fourth-order valence-electron chi connectivity index (χ4n) is 1.83. The van der Waals surface area contributed by atoms with Crippen LogP contribution in [0.4, 0.5) is 4.39 Å². The van der Waals surface area contributed by atoms with Gasteiger partial charge in [-0.05, 0) is 19.1 Å².